The van der Waals surface area contributed by atoms with E-state index in [1.165, 1.54) is 0 Å². The first kappa shape index (κ1) is 14.5. The first-order valence-corrected chi connectivity index (χ1v) is 6.75. The molecule has 2 rings (SSSR count). The molecule has 1 aliphatic rings. The molecule has 20 heavy (non-hydrogen) atoms. The van der Waals surface area contributed by atoms with Crippen molar-refractivity contribution in [1.82, 2.24) is 9.55 Å². The summed E-state index contributed by atoms with van der Waals surface area (Å²) in [7, 11) is 0. The smallest absolute Gasteiger partial charge is 0.293 e. The molecule has 0 amide bonds. The third-order valence-corrected chi connectivity index (χ3v) is 3.17. The highest BCUT2D eigenvalue weighted by Crippen LogP contribution is 2.11. The number of anilines is 1. The monoisotopic (exact) mass is 279 g/mol. The van der Waals surface area contributed by atoms with E-state index in [0.717, 1.165) is 0 Å². The molecule has 0 aliphatic carbocycles. The van der Waals surface area contributed by atoms with Gasteiger partial charge in [0, 0.05) is 25.5 Å². The number of rotatable bonds is 4. The zero-order valence-electron chi connectivity index (χ0n) is 11.9. The summed E-state index contributed by atoms with van der Waals surface area (Å²) in [6.07, 6.45) is 2.87. The summed E-state index contributed by atoms with van der Waals surface area (Å²) >= 11 is 0. The van der Waals surface area contributed by atoms with Gasteiger partial charge in [-0.05, 0) is 5.92 Å². The fourth-order valence-corrected chi connectivity index (χ4v) is 2.22. The van der Waals surface area contributed by atoms with Crippen molar-refractivity contribution in [3.63, 3.8) is 0 Å². The normalized spacial score (nSPS) is 19.4. The summed E-state index contributed by atoms with van der Waals surface area (Å²) in [6.45, 7) is 6.19. The highest BCUT2D eigenvalue weighted by molar-refractivity contribution is 5.82. The van der Waals surface area contributed by atoms with Crippen LogP contribution in [-0.4, -0.2) is 41.2 Å². The summed E-state index contributed by atoms with van der Waals surface area (Å²) < 4.78 is 7.07. The number of hydrogen-bond acceptors (Lipinski definition) is 5. The lowest BCUT2D eigenvalue weighted by molar-refractivity contribution is 0.0822. The lowest BCUT2D eigenvalue weighted by Crippen LogP contribution is -2.50. The Hall–Kier alpha value is -1.89. The van der Waals surface area contributed by atoms with Gasteiger partial charge >= 0.3 is 0 Å². The van der Waals surface area contributed by atoms with E-state index in [0.29, 0.717) is 38.0 Å². The van der Waals surface area contributed by atoms with E-state index in [-0.39, 0.29) is 11.4 Å². The highest BCUT2D eigenvalue weighted by atomic mass is 16.5. The molecule has 1 aliphatic heterocycles. The minimum absolute atomic E-state index is 0.0202. The fraction of sp³-hybridized carbons (Fsp3) is 0.615. The predicted octanol–water partition coefficient (Wildman–Crippen LogP) is 0.0405. The van der Waals surface area contributed by atoms with Crippen LogP contribution >= 0.6 is 0 Å². The second kappa shape index (κ2) is 6.04. The molecule has 0 saturated carbocycles. The van der Waals surface area contributed by atoms with E-state index in [4.69, 9.17) is 15.9 Å². The number of nitrogens with zero attached hydrogens (tertiary/aromatic N) is 3. The molecule has 3 N–H and O–H groups in total. The summed E-state index contributed by atoms with van der Waals surface area (Å²) in [4.78, 5) is 18.4. The van der Waals surface area contributed by atoms with E-state index in [9.17, 15) is 4.79 Å². The molecule has 110 valence electrons. The maximum absolute atomic E-state index is 12.4. The highest BCUT2D eigenvalue weighted by Gasteiger charge is 2.25. The third-order valence-electron chi connectivity index (χ3n) is 3.17. The Morgan fingerprint density at radius 1 is 1.65 bits per heavy atom. The molecular formula is C13H21N5O2. The molecule has 2 heterocycles. The zero-order chi connectivity index (χ0) is 14.7. The van der Waals surface area contributed by atoms with Crippen molar-refractivity contribution < 1.29 is 4.74 Å². The Bertz CT molecular complexity index is 540. The van der Waals surface area contributed by atoms with Crippen LogP contribution in [0.15, 0.2) is 17.2 Å². The van der Waals surface area contributed by atoms with Crippen LogP contribution in [0, 0.1) is 11.3 Å². The van der Waals surface area contributed by atoms with E-state index in [1.807, 2.05) is 4.90 Å². The molecule has 1 atom stereocenters. The minimum atomic E-state index is -0.469. The van der Waals surface area contributed by atoms with E-state index in [2.05, 4.69) is 18.8 Å². The Morgan fingerprint density at radius 2 is 2.40 bits per heavy atom. The van der Waals surface area contributed by atoms with Gasteiger partial charge in [-0.15, -0.1) is 0 Å². The van der Waals surface area contributed by atoms with Gasteiger partial charge in [0.15, 0.2) is 5.82 Å². The van der Waals surface area contributed by atoms with E-state index in [1.54, 1.807) is 17.0 Å². The van der Waals surface area contributed by atoms with Gasteiger partial charge in [-0.2, -0.15) is 0 Å². The lowest BCUT2D eigenvalue weighted by Gasteiger charge is -2.32. The zero-order valence-corrected chi connectivity index (χ0v) is 11.9. The molecule has 0 aromatic carbocycles. The number of aromatic nitrogens is 2. The Kier molecular flexibility index (Phi) is 4.39. The second-order valence-electron chi connectivity index (χ2n) is 5.36. The third kappa shape index (κ3) is 3.16. The summed E-state index contributed by atoms with van der Waals surface area (Å²) in [5.74, 6) is 0.772. The van der Waals surface area contributed by atoms with Gasteiger partial charge in [-0.1, -0.05) is 13.8 Å². The Labute approximate surface area is 117 Å². The largest absolute Gasteiger partial charge is 0.385 e. The van der Waals surface area contributed by atoms with Crippen LogP contribution in [-0.2, 0) is 11.3 Å². The lowest BCUT2D eigenvalue weighted by atomic mass is 10.2. The van der Waals surface area contributed by atoms with Crippen LogP contribution in [0.3, 0.4) is 0 Å². The van der Waals surface area contributed by atoms with E-state index >= 15 is 0 Å². The quantitative estimate of drug-likeness (QED) is 0.599. The molecular weight excluding hydrogens is 258 g/mol. The Morgan fingerprint density at radius 3 is 3.05 bits per heavy atom. The van der Waals surface area contributed by atoms with Crippen LogP contribution < -0.4 is 16.2 Å². The molecule has 0 spiro atoms. The topological polar surface area (TPSA) is 97.2 Å². The number of hydrogen-bond donors (Lipinski definition) is 2. The molecule has 0 radical (unpaired) electrons. The molecule has 1 aromatic rings. The number of nitrogens with one attached hydrogen (secondary N) is 1. The molecule has 7 heteroatoms. The number of amidine groups is 1. The van der Waals surface area contributed by atoms with Gasteiger partial charge in [0.2, 0.25) is 0 Å². The fourth-order valence-electron chi connectivity index (χ4n) is 2.22. The van der Waals surface area contributed by atoms with Gasteiger partial charge in [0.1, 0.15) is 11.9 Å². The maximum Gasteiger partial charge on any atom is 0.293 e. The van der Waals surface area contributed by atoms with Crippen molar-refractivity contribution in [2.24, 2.45) is 11.7 Å². The van der Waals surface area contributed by atoms with Gasteiger partial charge in [-0.25, -0.2) is 4.98 Å². The van der Waals surface area contributed by atoms with E-state index < -0.39 is 6.10 Å². The van der Waals surface area contributed by atoms with Crippen LogP contribution in [0.25, 0.3) is 0 Å². The first-order chi connectivity index (χ1) is 9.49. The number of ether oxygens (including phenoxy) is 1. The van der Waals surface area contributed by atoms with Crippen molar-refractivity contribution >= 4 is 11.7 Å². The first-order valence-electron chi connectivity index (χ1n) is 6.75. The van der Waals surface area contributed by atoms with Gasteiger partial charge in [0.05, 0.1) is 13.2 Å². The average Bonchev–Trinajstić information content (AvgIpc) is 2.41. The van der Waals surface area contributed by atoms with Crippen molar-refractivity contribution in [3.05, 3.63) is 22.7 Å². The summed E-state index contributed by atoms with van der Waals surface area (Å²) in [6, 6.07) is 0. The standard InChI is InChI=1S/C13H21N5O2/c1-9(2)7-18-4-3-16-12(13(18)19)17-5-6-20-10(8-17)11(14)15/h3-4,9-10H,5-8H2,1-2H3,(H3,14,15). The van der Waals surface area contributed by atoms with Crippen molar-refractivity contribution in [1.29, 1.82) is 5.41 Å². The number of nitrogens with two attached hydrogens (primary N) is 1. The predicted molar refractivity (Wildman–Crippen MR) is 77.2 cm³/mol. The molecule has 1 unspecified atom stereocenters. The molecule has 7 nitrogen and oxygen atoms in total. The van der Waals surface area contributed by atoms with Gasteiger partial charge in [-0.3, -0.25) is 10.2 Å². The van der Waals surface area contributed by atoms with Crippen LogP contribution in [0.4, 0.5) is 5.82 Å². The maximum atomic E-state index is 12.4. The van der Waals surface area contributed by atoms with Gasteiger partial charge in [0.25, 0.3) is 5.56 Å². The minimum Gasteiger partial charge on any atom is -0.385 e. The SMILES string of the molecule is CC(C)Cn1ccnc(N2CCOC(C(=N)N)C2)c1=O. The number of morpholine rings is 1. The molecule has 1 fully saturated rings. The summed E-state index contributed by atoms with van der Waals surface area (Å²) in [5, 5.41) is 7.45. The Balaban J connectivity index is 2.24. The second-order valence-corrected chi connectivity index (χ2v) is 5.36. The van der Waals surface area contributed by atoms with Crippen molar-refractivity contribution in [2.75, 3.05) is 24.6 Å². The summed E-state index contributed by atoms with van der Waals surface area (Å²) in [5.41, 5.74) is 5.36. The van der Waals surface area contributed by atoms with Gasteiger partial charge < -0.3 is 19.9 Å². The van der Waals surface area contributed by atoms with Crippen LogP contribution in [0.2, 0.25) is 0 Å². The molecule has 1 saturated heterocycles. The van der Waals surface area contributed by atoms with Crippen molar-refractivity contribution in [3.8, 4) is 0 Å². The molecule has 0 bridgehead atoms. The van der Waals surface area contributed by atoms with Crippen LogP contribution in [0.1, 0.15) is 13.8 Å². The molecule has 1 aromatic heterocycles. The van der Waals surface area contributed by atoms with Crippen LogP contribution in [0.5, 0.6) is 0 Å². The average molecular weight is 279 g/mol. The van der Waals surface area contributed by atoms with Crippen molar-refractivity contribution in [2.45, 2.75) is 26.5 Å².